The fraction of sp³-hybridized carbons (Fsp3) is 0.389. The number of rotatable bonds is 6. The monoisotopic (exact) mass is 498 g/mol. The summed E-state index contributed by atoms with van der Waals surface area (Å²) in [5.74, 6) is -1.10. The molecule has 31 heavy (non-hydrogen) atoms. The fourth-order valence-corrected chi connectivity index (χ4v) is 5.48. The third-order valence-corrected chi connectivity index (χ3v) is 7.33. The van der Waals surface area contributed by atoms with Gasteiger partial charge in [0, 0.05) is 29.2 Å². The van der Waals surface area contributed by atoms with Crippen LogP contribution in [0.5, 0.6) is 0 Å². The zero-order chi connectivity index (χ0) is 23.0. The molecular weight excluding hydrogens is 480 g/mol. The molecule has 2 aromatic rings. The van der Waals surface area contributed by atoms with E-state index in [1.807, 2.05) is 0 Å². The molecule has 1 aliphatic rings. The molecule has 1 aliphatic carbocycles. The van der Waals surface area contributed by atoms with E-state index in [-0.39, 0.29) is 34.7 Å². The van der Waals surface area contributed by atoms with Crippen molar-refractivity contribution in [2.24, 2.45) is 0 Å². The van der Waals surface area contributed by atoms with Crippen LogP contribution in [0.2, 0.25) is 5.02 Å². The Bertz CT molecular complexity index is 1070. The zero-order valence-corrected chi connectivity index (χ0v) is 18.8. The van der Waals surface area contributed by atoms with Crippen molar-refractivity contribution in [3.8, 4) is 0 Å². The van der Waals surface area contributed by atoms with Gasteiger partial charge in [-0.3, -0.25) is 4.72 Å². The second kappa shape index (κ2) is 8.93. The van der Waals surface area contributed by atoms with E-state index < -0.39 is 38.5 Å². The molecule has 2 atom stereocenters. The Morgan fingerprint density at radius 1 is 1.29 bits per heavy atom. The molecule has 1 aromatic carbocycles. The van der Waals surface area contributed by atoms with E-state index in [0.29, 0.717) is 0 Å². The van der Waals surface area contributed by atoms with Crippen molar-refractivity contribution < 1.29 is 26.0 Å². The maximum atomic E-state index is 14.7. The Morgan fingerprint density at radius 3 is 2.58 bits per heavy atom. The average Bonchev–Trinajstić information content (AvgIpc) is 3.15. The quantitative estimate of drug-likeness (QED) is 0.445. The summed E-state index contributed by atoms with van der Waals surface area (Å²) < 4.78 is 81.3. The smallest absolute Gasteiger partial charge is 0.379 e. The Hall–Kier alpha value is -1.89. The summed E-state index contributed by atoms with van der Waals surface area (Å²) >= 11 is 7.19. The van der Waals surface area contributed by atoms with Crippen molar-refractivity contribution in [2.75, 3.05) is 24.1 Å². The topological polar surface area (TPSA) is 74.3 Å². The van der Waals surface area contributed by atoms with Crippen molar-refractivity contribution in [3.05, 3.63) is 46.2 Å². The number of nitrogens with one attached hydrogen (secondary N) is 2. The molecule has 1 heterocycles. The van der Waals surface area contributed by atoms with Gasteiger partial charge in [-0.05, 0) is 39.1 Å². The minimum absolute atomic E-state index is 0.00707. The first-order valence-corrected chi connectivity index (χ1v) is 11.7. The second-order valence-corrected chi connectivity index (χ2v) is 10.1. The van der Waals surface area contributed by atoms with Crippen LogP contribution < -0.4 is 10.0 Å². The standard InChI is InChI=1S/C18H19ClF4N4O2S2/c1-27(2)15-4-3-10(18(21,22)23)7-14(15)25-13-9-12(20)16(8-11(13)19)31(28,29)26-17-24-5-6-30-17/h3,5-6,8-9,14-15,25H,4,7H2,1-2H3,(H,24,26)/t14-,15-/m0/s1. The molecule has 0 saturated heterocycles. The molecule has 0 bridgehead atoms. The van der Waals surface area contributed by atoms with Gasteiger partial charge in [-0.1, -0.05) is 17.7 Å². The van der Waals surface area contributed by atoms with Gasteiger partial charge in [0.2, 0.25) is 0 Å². The number of aromatic nitrogens is 1. The van der Waals surface area contributed by atoms with Crippen molar-refractivity contribution in [3.63, 3.8) is 0 Å². The summed E-state index contributed by atoms with van der Waals surface area (Å²) in [5.41, 5.74) is -0.667. The number of likely N-dealkylation sites (N-methyl/N-ethyl adjacent to an activating group) is 1. The molecule has 1 aromatic heterocycles. The van der Waals surface area contributed by atoms with E-state index in [4.69, 9.17) is 11.6 Å². The van der Waals surface area contributed by atoms with E-state index >= 15 is 0 Å². The molecule has 0 saturated carbocycles. The molecular formula is C18H19ClF4N4O2S2. The van der Waals surface area contributed by atoms with Crippen LogP contribution in [-0.4, -0.2) is 50.7 Å². The predicted molar refractivity (Wildman–Crippen MR) is 113 cm³/mol. The summed E-state index contributed by atoms with van der Waals surface area (Å²) in [6, 6.07) is 0.768. The van der Waals surface area contributed by atoms with Gasteiger partial charge in [-0.25, -0.2) is 17.8 Å². The number of nitrogens with zero attached hydrogens (tertiary/aromatic N) is 2. The second-order valence-electron chi connectivity index (χ2n) is 7.15. The summed E-state index contributed by atoms with van der Waals surface area (Å²) in [6.45, 7) is 0. The molecule has 170 valence electrons. The maximum absolute atomic E-state index is 14.7. The van der Waals surface area contributed by atoms with Crippen molar-refractivity contribution >= 4 is 43.8 Å². The Kier molecular flexibility index (Phi) is 6.84. The SMILES string of the molecule is CN(C)[C@H]1CC=C(C(F)(F)F)C[C@@H]1Nc1cc(F)c(S(=O)(=O)Nc2nccs2)cc1Cl. The lowest BCUT2D eigenvalue weighted by molar-refractivity contribution is -0.0961. The van der Waals surface area contributed by atoms with Crippen LogP contribution in [0.25, 0.3) is 0 Å². The van der Waals surface area contributed by atoms with Gasteiger partial charge in [-0.2, -0.15) is 13.2 Å². The van der Waals surface area contributed by atoms with Gasteiger partial charge in [0.1, 0.15) is 10.7 Å². The normalized spacial score (nSPS) is 19.9. The first kappa shape index (κ1) is 23.8. The number of sulfonamides is 1. The van der Waals surface area contributed by atoms with Gasteiger partial charge in [-0.15, -0.1) is 11.3 Å². The molecule has 0 radical (unpaired) electrons. The maximum Gasteiger partial charge on any atom is 0.412 e. The van der Waals surface area contributed by atoms with Crippen molar-refractivity contribution in [2.45, 2.75) is 36.0 Å². The van der Waals surface area contributed by atoms with Gasteiger partial charge < -0.3 is 10.2 Å². The number of anilines is 2. The van der Waals surface area contributed by atoms with E-state index in [9.17, 15) is 26.0 Å². The third kappa shape index (κ3) is 5.48. The summed E-state index contributed by atoms with van der Waals surface area (Å²) in [6.07, 6.45) is -2.12. The molecule has 0 fully saturated rings. The van der Waals surface area contributed by atoms with Crippen LogP contribution in [0.1, 0.15) is 12.8 Å². The van der Waals surface area contributed by atoms with Gasteiger partial charge >= 0.3 is 6.18 Å². The number of hydrogen-bond donors (Lipinski definition) is 2. The number of benzene rings is 1. The van der Waals surface area contributed by atoms with E-state index in [0.717, 1.165) is 29.5 Å². The third-order valence-electron chi connectivity index (χ3n) is 4.84. The van der Waals surface area contributed by atoms with Crippen LogP contribution in [0.4, 0.5) is 28.4 Å². The van der Waals surface area contributed by atoms with E-state index in [2.05, 4.69) is 15.0 Å². The van der Waals surface area contributed by atoms with Crippen LogP contribution in [0, 0.1) is 5.82 Å². The molecule has 6 nitrogen and oxygen atoms in total. The fourth-order valence-electron chi connectivity index (χ4n) is 3.32. The molecule has 13 heteroatoms. The summed E-state index contributed by atoms with van der Waals surface area (Å²) in [5, 5.41) is 4.33. The highest BCUT2D eigenvalue weighted by molar-refractivity contribution is 7.93. The van der Waals surface area contributed by atoms with Gasteiger partial charge in [0.15, 0.2) is 5.13 Å². The van der Waals surface area contributed by atoms with E-state index in [1.54, 1.807) is 24.4 Å². The van der Waals surface area contributed by atoms with Crippen LogP contribution in [0.15, 0.2) is 40.3 Å². The Balaban J connectivity index is 1.88. The highest BCUT2D eigenvalue weighted by Gasteiger charge is 2.40. The Morgan fingerprint density at radius 2 is 2.00 bits per heavy atom. The first-order valence-electron chi connectivity index (χ1n) is 8.99. The number of hydrogen-bond acceptors (Lipinski definition) is 6. The lowest BCUT2D eigenvalue weighted by Gasteiger charge is -2.37. The largest absolute Gasteiger partial charge is 0.412 e. The van der Waals surface area contributed by atoms with Crippen LogP contribution in [-0.2, 0) is 10.0 Å². The Labute approximate surface area is 186 Å². The highest BCUT2D eigenvalue weighted by atomic mass is 35.5. The first-order chi connectivity index (χ1) is 14.4. The lowest BCUT2D eigenvalue weighted by atomic mass is 9.89. The number of alkyl halides is 3. The van der Waals surface area contributed by atoms with Crippen molar-refractivity contribution in [1.82, 2.24) is 9.88 Å². The van der Waals surface area contributed by atoms with Gasteiger partial charge in [0.25, 0.3) is 10.0 Å². The van der Waals surface area contributed by atoms with Gasteiger partial charge in [0.05, 0.1) is 10.7 Å². The van der Waals surface area contributed by atoms with Crippen LogP contribution >= 0.6 is 22.9 Å². The molecule has 0 amide bonds. The molecule has 0 spiro atoms. The van der Waals surface area contributed by atoms with E-state index in [1.165, 1.54) is 6.20 Å². The predicted octanol–water partition coefficient (Wildman–Crippen LogP) is 4.73. The number of thiazole rings is 1. The molecule has 0 unspecified atom stereocenters. The average molecular weight is 499 g/mol. The minimum atomic E-state index is -4.47. The molecule has 0 aliphatic heterocycles. The number of halogens is 5. The van der Waals surface area contributed by atoms with Crippen molar-refractivity contribution in [1.29, 1.82) is 0 Å². The minimum Gasteiger partial charge on any atom is -0.379 e. The zero-order valence-electron chi connectivity index (χ0n) is 16.4. The highest BCUT2D eigenvalue weighted by Crippen LogP contribution is 2.37. The summed E-state index contributed by atoms with van der Waals surface area (Å²) in [7, 11) is -0.834. The molecule has 3 rings (SSSR count). The van der Waals surface area contributed by atoms with Crippen LogP contribution in [0.3, 0.4) is 0 Å². The summed E-state index contributed by atoms with van der Waals surface area (Å²) in [4.78, 5) is 4.86. The molecule has 2 N–H and O–H groups in total. The lowest BCUT2D eigenvalue weighted by Crippen LogP contribution is -2.46.